The number of pyridine rings is 1. The molecule has 2 heterocycles. The van der Waals surface area contributed by atoms with E-state index in [1.165, 1.54) is 19.3 Å². The Morgan fingerprint density at radius 3 is 2.96 bits per heavy atom. The monoisotopic (exact) mass is 371 g/mol. The van der Waals surface area contributed by atoms with E-state index in [1.807, 2.05) is 24.3 Å². The molecule has 2 N–H and O–H groups in total. The van der Waals surface area contributed by atoms with E-state index in [2.05, 4.69) is 29.8 Å². The molecule has 1 fully saturated rings. The third-order valence-electron chi connectivity index (χ3n) is 4.39. The summed E-state index contributed by atoms with van der Waals surface area (Å²) in [6.07, 6.45) is 10.1. The molecule has 1 aliphatic rings. The summed E-state index contributed by atoms with van der Waals surface area (Å²) in [5.41, 5.74) is 1.42. The van der Waals surface area contributed by atoms with Gasteiger partial charge in [0.1, 0.15) is 17.9 Å². The van der Waals surface area contributed by atoms with Crippen LogP contribution in [-0.4, -0.2) is 33.4 Å². The van der Waals surface area contributed by atoms with Crippen LogP contribution in [0, 0.1) is 11.8 Å². The molecular weight excluding hydrogens is 342 g/mol. The van der Waals surface area contributed by atoms with Gasteiger partial charge in [-0.15, -0.1) is 0 Å². The van der Waals surface area contributed by atoms with Crippen LogP contribution in [-0.2, 0) is 9.53 Å². The number of carbonyl (C=O) groups is 1. The maximum absolute atomic E-state index is 10.6. The third-order valence-corrected chi connectivity index (χ3v) is 4.39. The van der Waals surface area contributed by atoms with E-state index >= 15 is 0 Å². The Kier molecular flexibility index (Phi) is 9.03. The Bertz CT molecular complexity index is 689. The van der Waals surface area contributed by atoms with E-state index in [4.69, 9.17) is 9.84 Å². The molecule has 0 spiro atoms. The number of aliphatic hydroxyl groups is 1. The zero-order chi connectivity index (χ0) is 19.5. The van der Waals surface area contributed by atoms with Crippen molar-refractivity contribution >= 4 is 5.97 Å². The lowest BCUT2D eigenvalue weighted by molar-refractivity contribution is -0.137. The van der Waals surface area contributed by atoms with Gasteiger partial charge in [0.05, 0.1) is 11.8 Å². The standard InChI is InChI=1S/C22H29NO4/c1-2-3-4-5-6-7-11-18(24)16-15-17-10-8-12-19(23-17)22-20(27-22)13-9-14-21(25)26/h6-8,10,12,18,20,22,24H,2-5,9,11,13-14H2,1H3,(H,25,26)/b7-6-. The highest BCUT2D eigenvalue weighted by molar-refractivity contribution is 5.66. The number of hydrogen-bond donors (Lipinski definition) is 2. The highest BCUT2D eigenvalue weighted by Gasteiger charge is 2.40. The van der Waals surface area contributed by atoms with Crippen LogP contribution in [0.4, 0.5) is 0 Å². The van der Waals surface area contributed by atoms with Gasteiger partial charge in [-0.3, -0.25) is 4.79 Å². The van der Waals surface area contributed by atoms with Crippen LogP contribution in [0.25, 0.3) is 0 Å². The molecule has 146 valence electrons. The molecule has 1 aromatic heterocycles. The molecule has 0 saturated carbocycles. The maximum Gasteiger partial charge on any atom is 0.303 e. The van der Waals surface area contributed by atoms with Crippen molar-refractivity contribution in [3.8, 4) is 11.8 Å². The summed E-state index contributed by atoms with van der Waals surface area (Å²) in [5, 5.41) is 18.6. The van der Waals surface area contributed by atoms with E-state index in [-0.39, 0.29) is 18.6 Å². The van der Waals surface area contributed by atoms with Crippen molar-refractivity contribution in [3.05, 3.63) is 41.7 Å². The number of hydrogen-bond acceptors (Lipinski definition) is 4. The molecule has 0 radical (unpaired) electrons. The second-order valence-electron chi connectivity index (χ2n) is 6.82. The van der Waals surface area contributed by atoms with E-state index in [0.717, 1.165) is 18.5 Å². The van der Waals surface area contributed by atoms with Crippen molar-refractivity contribution < 1.29 is 19.7 Å². The fourth-order valence-electron chi connectivity index (χ4n) is 2.83. The summed E-state index contributed by atoms with van der Waals surface area (Å²) in [6.45, 7) is 2.18. The molecule has 27 heavy (non-hydrogen) atoms. The minimum absolute atomic E-state index is 0.0449. The summed E-state index contributed by atoms with van der Waals surface area (Å²) in [5.74, 6) is 4.97. The Labute approximate surface area is 161 Å². The summed E-state index contributed by atoms with van der Waals surface area (Å²) in [4.78, 5) is 15.0. The number of carboxylic acid groups (broad SMARTS) is 1. The van der Waals surface area contributed by atoms with E-state index in [1.54, 1.807) is 0 Å². The first kappa shape index (κ1) is 21.1. The van der Waals surface area contributed by atoms with Crippen LogP contribution < -0.4 is 0 Å². The van der Waals surface area contributed by atoms with Crippen LogP contribution in [0.15, 0.2) is 30.4 Å². The van der Waals surface area contributed by atoms with Crippen molar-refractivity contribution in [2.24, 2.45) is 0 Å². The molecular formula is C22H29NO4. The molecule has 5 nitrogen and oxygen atoms in total. The Hall–Kier alpha value is -2.16. The minimum atomic E-state index is -0.781. The maximum atomic E-state index is 10.6. The number of allylic oxidation sites excluding steroid dienone is 1. The van der Waals surface area contributed by atoms with Gasteiger partial charge in [0.25, 0.3) is 0 Å². The Morgan fingerprint density at radius 2 is 2.19 bits per heavy atom. The van der Waals surface area contributed by atoms with Crippen molar-refractivity contribution in [2.45, 2.75) is 76.6 Å². The zero-order valence-corrected chi connectivity index (χ0v) is 15.9. The molecule has 1 aromatic rings. The van der Waals surface area contributed by atoms with Crippen molar-refractivity contribution in [1.82, 2.24) is 4.98 Å². The summed E-state index contributed by atoms with van der Waals surface area (Å²) in [7, 11) is 0. The summed E-state index contributed by atoms with van der Waals surface area (Å²) >= 11 is 0. The first-order valence-corrected chi connectivity index (χ1v) is 9.79. The molecule has 0 aromatic carbocycles. The molecule has 0 aliphatic carbocycles. The van der Waals surface area contributed by atoms with Gasteiger partial charge in [-0.1, -0.05) is 43.9 Å². The molecule has 2 rings (SSSR count). The molecule has 3 unspecified atom stereocenters. The highest BCUT2D eigenvalue weighted by atomic mass is 16.6. The number of aliphatic hydroxyl groups excluding tert-OH is 1. The van der Waals surface area contributed by atoms with Crippen LogP contribution in [0.2, 0.25) is 0 Å². The lowest BCUT2D eigenvalue weighted by atomic mass is 10.1. The van der Waals surface area contributed by atoms with Crippen LogP contribution >= 0.6 is 0 Å². The second-order valence-corrected chi connectivity index (χ2v) is 6.82. The van der Waals surface area contributed by atoms with E-state index < -0.39 is 12.1 Å². The van der Waals surface area contributed by atoms with E-state index in [0.29, 0.717) is 18.5 Å². The van der Waals surface area contributed by atoms with Gasteiger partial charge in [0.2, 0.25) is 0 Å². The fraction of sp³-hybridized carbons (Fsp3) is 0.545. The van der Waals surface area contributed by atoms with Gasteiger partial charge in [0, 0.05) is 12.8 Å². The topological polar surface area (TPSA) is 83.0 Å². The van der Waals surface area contributed by atoms with Crippen LogP contribution in [0.5, 0.6) is 0 Å². The molecule has 0 bridgehead atoms. The first-order chi connectivity index (χ1) is 13.1. The lowest BCUT2D eigenvalue weighted by Gasteiger charge is -1.99. The Morgan fingerprint density at radius 1 is 1.33 bits per heavy atom. The molecule has 1 saturated heterocycles. The number of nitrogens with zero attached hydrogens (tertiary/aromatic N) is 1. The highest BCUT2D eigenvalue weighted by Crippen LogP contribution is 2.40. The SMILES string of the molecule is CCCCC/C=C\CC(O)C#Cc1cccc(C2OC2CCCC(=O)O)n1. The average Bonchev–Trinajstić information content (AvgIpc) is 3.42. The molecule has 1 aliphatic heterocycles. The molecule has 5 heteroatoms. The smallest absolute Gasteiger partial charge is 0.303 e. The van der Waals surface area contributed by atoms with Gasteiger partial charge in [0.15, 0.2) is 0 Å². The molecule has 0 amide bonds. The van der Waals surface area contributed by atoms with Crippen molar-refractivity contribution in [3.63, 3.8) is 0 Å². The number of epoxide rings is 1. The summed E-state index contributed by atoms with van der Waals surface area (Å²) < 4.78 is 5.60. The molecule has 3 atom stereocenters. The van der Waals surface area contributed by atoms with Gasteiger partial charge in [-0.2, -0.15) is 0 Å². The average molecular weight is 371 g/mol. The predicted molar refractivity (Wildman–Crippen MR) is 104 cm³/mol. The van der Waals surface area contributed by atoms with Gasteiger partial charge < -0.3 is 14.9 Å². The summed E-state index contributed by atoms with van der Waals surface area (Å²) in [6, 6.07) is 5.58. The van der Waals surface area contributed by atoms with Crippen molar-refractivity contribution in [1.29, 1.82) is 0 Å². The largest absolute Gasteiger partial charge is 0.481 e. The van der Waals surface area contributed by atoms with Crippen molar-refractivity contribution in [2.75, 3.05) is 0 Å². The normalized spacial score (nSPS) is 19.5. The lowest BCUT2D eigenvalue weighted by Crippen LogP contribution is -2.01. The fourth-order valence-corrected chi connectivity index (χ4v) is 2.83. The second kappa shape index (κ2) is 11.5. The van der Waals surface area contributed by atoms with Crippen LogP contribution in [0.3, 0.4) is 0 Å². The first-order valence-electron chi connectivity index (χ1n) is 9.79. The number of aromatic nitrogens is 1. The number of unbranched alkanes of at least 4 members (excludes halogenated alkanes) is 3. The van der Waals surface area contributed by atoms with Gasteiger partial charge in [-0.25, -0.2) is 4.98 Å². The number of aliphatic carboxylic acids is 1. The zero-order valence-electron chi connectivity index (χ0n) is 15.9. The minimum Gasteiger partial charge on any atom is -0.481 e. The third kappa shape index (κ3) is 8.38. The Balaban J connectivity index is 1.77. The van der Waals surface area contributed by atoms with E-state index in [9.17, 15) is 9.90 Å². The predicted octanol–water partition coefficient (Wildman–Crippen LogP) is 4.02. The number of carboxylic acids is 1. The van der Waals surface area contributed by atoms with Gasteiger partial charge in [-0.05, 0) is 43.7 Å². The van der Waals surface area contributed by atoms with Crippen LogP contribution in [0.1, 0.15) is 75.8 Å². The van der Waals surface area contributed by atoms with Gasteiger partial charge >= 0.3 is 5.97 Å². The number of ether oxygens (including phenoxy) is 1. The number of rotatable bonds is 11. The quantitative estimate of drug-likeness (QED) is 0.266.